The lowest BCUT2D eigenvalue weighted by atomic mass is 10.1. The Morgan fingerprint density at radius 1 is 1.50 bits per heavy atom. The van der Waals surface area contributed by atoms with Gasteiger partial charge in [-0.3, -0.25) is 0 Å². The number of hydrogen-bond acceptors (Lipinski definition) is 4. The monoisotopic (exact) mass is 209 g/mol. The molecule has 0 fully saturated rings. The molecule has 2 rings (SSSR count). The standard InChI is InChI=1S/C9H7NO3S/c11-8(9(12)13)5-1-2-7-6(3-5)4-10-14-7/h1-4,8,11H,(H,12,13). The summed E-state index contributed by atoms with van der Waals surface area (Å²) in [5, 5.41) is 18.7. The van der Waals surface area contributed by atoms with E-state index in [9.17, 15) is 9.90 Å². The first kappa shape index (κ1) is 9.11. The summed E-state index contributed by atoms with van der Waals surface area (Å²) in [5.41, 5.74) is 0.380. The number of aliphatic hydroxyl groups excluding tert-OH is 1. The van der Waals surface area contributed by atoms with E-state index in [1.165, 1.54) is 11.5 Å². The van der Waals surface area contributed by atoms with Crippen LogP contribution in [-0.4, -0.2) is 20.6 Å². The highest BCUT2D eigenvalue weighted by atomic mass is 32.1. The average molecular weight is 209 g/mol. The van der Waals surface area contributed by atoms with E-state index < -0.39 is 12.1 Å². The summed E-state index contributed by atoms with van der Waals surface area (Å²) in [7, 11) is 0. The molecule has 72 valence electrons. The number of hydrogen-bond donors (Lipinski definition) is 2. The molecular weight excluding hydrogens is 202 g/mol. The SMILES string of the molecule is O=C(O)C(O)c1ccc2sncc2c1. The Bertz CT molecular complexity index is 480. The number of carbonyl (C=O) groups is 1. The van der Waals surface area contributed by atoms with Gasteiger partial charge < -0.3 is 10.2 Å². The number of fused-ring (bicyclic) bond motifs is 1. The van der Waals surface area contributed by atoms with E-state index >= 15 is 0 Å². The van der Waals surface area contributed by atoms with Crippen molar-refractivity contribution in [3.05, 3.63) is 30.0 Å². The summed E-state index contributed by atoms with van der Waals surface area (Å²) >= 11 is 1.34. The van der Waals surface area contributed by atoms with Crippen LogP contribution in [0.4, 0.5) is 0 Å². The quantitative estimate of drug-likeness (QED) is 0.784. The fourth-order valence-corrected chi connectivity index (χ4v) is 1.83. The Kier molecular flexibility index (Phi) is 2.18. The maximum absolute atomic E-state index is 10.5. The molecule has 1 atom stereocenters. The molecule has 2 aromatic rings. The van der Waals surface area contributed by atoms with E-state index in [2.05, 4.69) is 4.37 Å². The smallest absolute Gasteiger partial charge is 0.337 e. The van der Waals surface area contributed by atoms with E-state index in [1.807, 2.05) is 0 Å². The molecule has 1 aromatic carbocycles. The Balaban J connectivity index is 2.48. The topological polar surface area (TPSA) is 70.4 Å². The fraction of sp³-hybridized carbons (Fsp3) is 0.111. The number of carboxylic acid groups (broad SMARTS) is 1. The highest BCUT2D eigenvalue weighted by Gasteiger charge is 2.15. The van der Waals surface area contributed by atoms with E-state index in [4.69, 9.17) is 5.11 Å². The predicted octanol–water partition coefficient (Wildman–Crippen LogP) is 1.41. The molecule has 1 unspecified atom stereocenters. The fourth-order valence-electron chi connectivity index (χ4n) is 1.20. The van der Waals surface area contributed by atoms with Crippen molar-refractivity contribution in [1.29, 1.82) is 0 Å². The first-order valence-electron chi connectivity index (χ1n) is 3.93. The number of nitrogens with zero attached hydrogens (tertiary/aromatic N) is 1. The molecule has 0 aliphatic carbocycles. The minimum atomic E-state index is -1.46. The highest BCUT2D eigenvalue weighted by Crippen LogP contribution is 2.22. The lowest BCUT2D eigenvalue weighted by Crippen LogP contribution is -2.09. The molecule has 0 aliphatic rings. The van der Waals surface area contributed by atoms with Crippen LogP contribution in [0, 0.1) is 0 Å². The van der Waals surface area contributed by atoms with Crippen LogP contribution in [0.2, 0.25) is 0 Å². The molecule has 0 radical (unpaired) electrons. The second-order valence-electron chi connectivity index (χ2n) is 2.86. The zero-order valence-corrected chi connectivity index (χ0v) is 7.86. The summed E-state index contributed by atoms with van der Waals surface area (Å²) in [6.45, 7) is 0. The number of aromatic nitrogens is 1. The summed E-state index contributed by atoms with van der Waals surface area (Å²) in [4.78, 5) is 10.5. The van der Waals surface area contributed by atoms with Crippen molar-refractivity contribution in [2.45, 2.75) is 6.10 Å². The molecule has 14 heavy (non-hydrogen) atoms. The van der Waals surface area contributed by atoms with Crippen molar-refractivity contribution >= 4 is 27.6 Å². The van der Waals surface area contributed by atoms with Crippen molar-refractivity contribution in [1.82, 2.24) is 4.37 Å². The molecule has 0 aliphatic heterocycles. The van der Waals surface area contributed by atoms with Crippen LogP contribution >= 0.6 is 11.5 Å². The van der Waals surface area contributed by atoms with Gasteiger partial charge in [0.15, 0.2) is 6.10 Å². The zero-order valence-electron chi connectivity index (χ0n) is 7.04. The third-order valence-corrected chi connectivity index (χ3v) is 2.71. The van der Waals surface area contributed by atoms with E-state index in [-0.39, 0.29) is 0 Å². The highest BCUT2D eigenvalue weighted by molar-refractivity contribution is 7.13. The molecule has 0 amide bonds. The Hall–Kier alpha value is -1.46. The maximum atomic E-state index is 10.5. The number of aliphatic carboxylic acids is 1. The molecule has 0 saturated heterocycles. The first-order valence-corrected chi connectivity index (χ1v) is 4.71. The second-order valence-corrected chi connectivity index (χ2v) is 3.70. The third kappa shape index (κ3) is 1.47. The van der Waals surface area contributed by atoms with Gasteiger partial charge in [-0.05, 0) is 29.2 Å². The van der Waals surface area contributed by atoms with Crippen LogP contribution in [0.25, 0.3) is 10.1 Å². The Labute approximate surface area is 83.6 Å². The Morgan fingerprint density at radius 2 is 2.29 bits per heavy atom. The number of benzene rings is 1. The molecule has 0 bridgehead atoms. The predicted molar refractivity (Wildman–Crippen MR) is 52.2 cm³/mol. The molecule has 1 aromatic heterocycles. The van der Waals surface area contributed by atoms with Crippen molar-refractivity contribution < 1.29 is 15.0 Å². The molecule has 0 spiro atoms. The van der Waals surface area contributed by atoms with Gasteiger partial charge in [0.2, 0.25) is 0 Å². The minimum absolute atomic E-state index is 0.380. The van der Waals surface area contributed by atoms with Crippen LogP contribution in [0.3, 0.4) is 0 Å². The van der Waals surface area contributed by atoms with Crippen LogP contribution < -0.4 is 0 Å². The summed E-state index contributed by atoms with van der Waals surface area (Å²) in [6.07, 6.45) is 0.192. The van der Waals surface area contributed by atoms with Gasteiger partial charge in [0.1, 0.15) is 0 Å². The van der Waals surface area contributed by atoms with Gasteiger partial charge in [0.05, 0.1) is 4.70 Å². The largest absolute Gasteiger partial charge is 0.479 e. The summed E-state index contributed by atoms with van der Waals surface area (Å²) in [6, 6.07) is 4.99. The first-order chi connectivity index (χ1) is 6.68. The van der Waals surface area contributed by atoms with Crippen molar-refractivity contribution in [2.24, 2.45) is 0 Å². The summed E-state index contributed by atoms with van der Waals surface area (Å²) < 4.78 is 4.94. The third-order valence-electron chi connectivity index (χ3n) is 1.93. The Morgan fingerprint density at radius 3 is 3.00 bits per heavy atom. The van der Waals surface area contributed by atoms with Gasteiger partial charge in [-0.25, -0.2) is 4.79 Å². The van der Waals surface area contributed by atoms with Crippen molar-refractivity contribution in [3.8, 4) is 0 Å². The van der Waals surface area contributed by atoms with Crippen molar-refractivity contribution in [2.75, 3.05) is 0 Å². The zero-order chi connectivity index (χ0) is 10.1. The maximum Gasteiger partial charge on any atom is 0.337 e. The van der Waals surface area contributed by atoms with Gasteiger partial charge in [0, 0.05) is 11.6 Å². The van der Waals surface area contributed by atoms with Gasteiger partial charge in [0.25, 0.3) is 0 Å². The summed E-state index contributed by atoms with van der Waals surface area (Å²) in [5.74, 6) is -1.24. The van der Waals surface area contributed by atoms with E-state index in [1.54, 1.807) is 24.4 Å². The van der Waals surface area contributed by atoms with E-state index in [0.717, 1.165) is 10.1 Å². The lowest BCUT2D eigenvalue weighted by Gasteiger charge is -2.04. The average Bonchev–Trinajstić information content (AvgIpc) is 2.62. The van der Waals surface area contributed by atoms with Crippen molar-refractivity contribution in [3.63, 3.8) is 0 Å². The van der Waals surface area contributed by atoms with Crippen LogP contribution in [0.15, 0.2) is 24.4 Å². The van der Waals surface area contributed by atoms with Crippen LogP contribution in [0.1, 0.15) is 11.7 Å². The second kappa shape index (κ2) is 3.36. The van der Waals surface area contributed by atoms with Gasteiger partial charge in [-0.1, -0.05) is 6.07 Å². The van der Waals surface area contributed by atoms with Crippen LogP contribution in [0.5, 0.6) is 0 Å². The molecule has 2 N–H and O–H groups in total. The number of aliphatic hydroxyl groups is 1. The van der Waals surface area contributed by atoms with Crippen LogP contribution in [-0.2, 0) is 4.79 Å². The molecule has 5 heteroatoms. The molecular formula is C9H7NO3S. The van der Waals surface area contributed by atoms with Gasteiger partial charge in [-0.2, -0.15) is 4.37 Å². The van der Waals surface area contributed by atoms with Gasteiger partial charge >= 0.3 is 5.97 Å². The molecule has 4 nitrogen and oxygen atoms in total. The number of rotatable bonds is 2. The van der Waals surface area contributed by atoms with Gasteiger partial charge in [-0.15, -0.1) is 0 Å². The lowest BCUT2D eigenvalue weighted by molar-refractivity contribution is -0.146. The minimum Gasteiger partial charge on any atom is -0.479 e. The molecule has 1 heterocycles. The van der Waals surface area contributed by atoms with E-state index in [0.29, 0.717) is 5.56 Å². The number of carboxylic acids is 1. The molecule has 0 saturated carbocycles. The normalized spacial score (nSPS) is 12.9.